The molecule has 2 saturated heterocycles. The Morgan fingerprint density at radius 1 is 1.36 bits per heavy atom. The highest BCUT2D eigenvalue weighted by Gasteiger charge is 2.64. The monoisotopic (exact) mass is 345 g/mol. The number of hydrogen-bond acceptors (Lipinski definition) is 4. The molecule has 2 fully saturated rings. The first kappa shape index (κ1) is 17.5. The van der Waals surface area contributed by atoms with Crippen molar-refractivity contribution in [1.29, 1.82) is 0 Å². The summed E-state index contributed by atoms with van der Waals surface area (Å²) < 4.78 is 5.62. The standard InChI is InChI=1S/C19H23NO5/c1-18(2,3)13-6-4-12(5-7-13)11-19(17(23)24)14(8-9-21)25-16-10-15(22)20(16)19/h4-8,16,21H,9-11H2,1-3H3,(H,23,24)/b14-8-/t16-,19-/m1/s1. The molecule has 0 radical (unpaired) electrons. The van der Waals surface area contributed by atoms with Crippen LogP contribution in [0.4, 0.5) is 0 Å². The highest BCUT2D eigenvalue weighted by atomic mass is 16.5. The van der Waals surface area contributed by atoms with Crippen LogP contribution in [0.3, 0.4) is 0 Å². The third-order valence-corrected chi connectivity index (χ3v) is 4.90. The van der Waals surface area contributed by atoms with E-state index in [1.165, 1.54) is 11.0 Å². The molecule has 0 saturated carbocycles. The molecule has 1 amide bonds. The quantitative estimate of drug-likeness (QED) is 0.813. The Hall–Kier alpha value is -2.34. The van der Waals surface area contributed by atoms with Crippen LogP contribution in [0.15, 0.2) is 36.1 Å². The molecule has 0 aromatic heterocycles. The highest BCUT2D eigenvalue weighted by Crippen LogP contribution is 2.46. The van der Waals surface area contributed by atoms with Crippen LogP contribution >= 0.6 is 0 Å². The Kier molecular flexibility index (Phi) is 4.11. The van der Waals surface area contributed by atoms with Gasteiger partial charge in [-0.1, -0.05) is 45.0 Å². The molecule has 2 aliphatic heterocycles. The minimum absolute atomic E-state index is 0.0000297. The number of fused-ring (bicyclic) bond motifs is 1. The van der Waals surface area contributed by atoms with Gasteiger partial charge in [0.15, 0.2) is 6.23 Å². The maximum absolute atomic E-state index is 12.2. The number of carboxylic acids is 1. The van der Waals surface area contributed by atoms with E-state index in [0.29, 0.717) is 0 Å². The van der Waals surface area contributed by atoms with E-state index in [2.05, 4.69) is 20.8 Å². The number of aliphatic hydroxyl groups excluding tert-OH is 1. The van der Waals surface area contributed by atoms with Crippen molar-refractivity contribution in [3.63, 3.8) is 0 Å². The van der Waals surface area contributed by atoms with Gasteiger partial charge in [-0.05, 0) is 22.6 Å². The molecule has 0 unspecified atom stereocenters. The van der Waals surface area contributed by atoms with Crippen LogP contribution in [0.25, 0.3) is 0 Å². The summed E-state index contributed by atoms with van der Waals surface area (Å²) >= 11 is 0. The van der Waals surface area contributed by atoms with Gasteiger partial charge in [0.05, 0.1) is 13.0 Å². The van der Waals surface area contributed by atoms with Gasteiger partial charge in [0.1, 0.15) is 5.76 Å². The van der Waals surface area contributed by atoms with Crippen LogP contribution in [0.1, 0.15) is 38.3 Å². The Bertz CT molecular complexity index is 731. The molecule has 6 nitrogen and oxygen atoms in total. The summed E-state index contributed by atoms with van der Waals surface area (Å²) in [6, 6.07) is 7.73. The van der Waals surface area contributed by atoms with Crippen LogP contribution in [0.2, 0.25) is 0 Å². The Balaban J connectivity index is 1.99. The van der Waals surface area contributed by atoms with Crippen LogP contribution in [-0.2, 0) is 26.2 Å². The summed E-state index contributed by atoms with van der Waals surface area (Å²) in [7, 11) is 0. The van der Waals surface area contributed by atoms with Gasteiger partial charge in [-0.3, -0.25) is 9.69 Å². The second kappa shape index (κ2) is 5.88. The fourth-order valence-electron chi connectivity index (χ4n) is 3.48. The lowest BCUT2D eigenvalue weighted by molar-refractivity contribution is -0.170. The minimum atomic E-state index is -1.59. The fraction of sp³-hybridized carbons (Fsp3) is 0.474. The van der Waals surface area contributed by atoms with Crippen molar-refractivity contribution in [3.05, 3.63) is 47.2 Å². The summed E-state index contributed by atoms with van der Waals surface area (Å²) in [4.78, 5) is 25.5. The van der Waals surface area contributed by atoms with E-state index < -0.39 is 17.7 Å². The molecule has 0 bridgehead atoms. The van der Waals surface area contributed by atoms with Crippen LogP contribution in [0, 0.1) is 0 Å². The molecule has 3 rings (SSSR count). The van der Waals surface area contributed by atoms with Crippen molar-refractivity contribution in [2.45, 2.75) is 50.8 Å². The number of aliphatic carboxylic acids is 1. The van der Waals surface area contributed by atoms with Crippen LogP contribution in [0.5, 0.6) is 0 Å². The lowest BCUT2D eigenvalue weighted by Crippen LogP contribution is -2.63. The first-order valence-electron chi connectivity index (χ1n) is 8.33. The van der Waals surface area contributed by atoms with Crippen molar-refractivity contribution in [2.75, 3.05) is 6.61 Å². The SMILES string of the molecule is CC(C)(C)c1ccc(C[C@]2(C(=O)O)/C(=C/CO)O[C@@H]3CC(=O)N32)cc1. The van der Waals surface area contributed by atoms with Gasteiger partial charge in [0.2, 0.25) is 11.4 Å². The maximum Gasteiger partial charge on any atom is 0.338 e. The Morgan fingerprint density at radius 2 is 2.00 bits per heavy atom. The first-order chi connectivity index (χ1) is 11.7. The number of carbonyl (C=O) groups is 2. The summed E-state index contributed by atoms with van der Waals surface area (Å²) in [5, 5.41) is 19.2. The summed E-state index contributed by atoms with van der Waals surface area (Å²) in [5.41, 5.74) is 0.349. The molecule has 134 valence electrons. The van der Waals surface area contributed by atoms with E-state index in [1.807, 2.05) is 24.3 Å². The summed E-state index contributed by atoms with van der Waals surface area (Å²) in [5.74, 6) is -1.26. The van der Waals surface area contributed by atoms with E-state index in [1.54, 1.807) is 0 Å². The maximum atomic E-state index is 12.2. The topological polar surface area (TPSA) is 87.1 Å². The number of ether oxygens (including phenoxy) is 1. The fourth-order valence-corrected chi connectivity index (χ4v) is 3.48. The van der Waals surface area contributed by atoms with Crippen molar-refractivity contribution < 1.29 is 24.5 Å². The average Bonchev–Trinajstić information content (AvgIpc) is 2.76. The lowest BCUT2D eigenvalue weighted by Gasteiger charge is -2.40. The average molecular weight is 345 g/mol. The number of carboxylic acid groups (broad SMARTS) is 1. The Morgan fingerprint density at radius 3 is 2.48 bits per heavy atom. The van der Waals surface area contributed by atoms with Crippen LogP contribution in [-0.4, -0.2) is 45.4 Å². The number of nitrogens with zero attached hydrogens (tertiary/aromatic N) is 1. The molecule has 2 heterocycles. The molecule has 6 heteroatoms. The number of aliphatic hydroxyl groups is 1. The van der Waals surface area contributed by atoms with Crippen molar-refractivity contribution >= 4 is 11.9 Å². The molecule has 2 N–H and O–H groups in total. The summed E-state index contributed by atoms with van der Waals surface area (Å²) in [6.45, 7) is 5.98. The lowest BCUT2D eigenvalue weighted by atomic mass is 9.83. The zero-order valence-electron chi connectivity index (χ0n) is 14.7. The number of benzene rings is 1. The number of amides is 1. The zero-order valence-corrected chi connectivity index (χ0v) is 14.7. The van der Waals surface area contributed by atoms with E-state index in [0.717, 1.165) is 11.1 Å². The van der Waals surface area contributed by atoms with Crippen molar-refractivity contribution in [3.8, 4) is 0 Å². The van der Waals surface area contributed by atoms with Crippen molar-refractivity contribution in [1.82, 2.24) is 4.90 Å². The van der Waals surface area contributed by atoms with E-state index in [-0.39, 0.29) is 36.5 Å². The molecule has 2 aliphatic rings. The predicted octanol–water partition coefficient (Wildman–Crippen LogP) is 1.81. The largest absolute Gasteiger partial charge is 0.479 e. The molecule has 25 heavy (non-hydrogen) atoms. The molecular weight excluding hydrogens is 322 g/mol. The van der Waals surface area contributed by atoms with Gasteiger partial charge in [-0.2, -0.15) is 0 Å². The van der Waals surface area contributed by atoms with Gasteiger partial charge in [0.25, 0.3) is 0 Å². The zero-order chi connectivity index (χ0) is 18.4. The number of carbonyl (C=O) groups excluding carboxylic acids is 1. The normalized spacial score (nSPS) is 27.0. The predicted molar refractivity (Wildman–Crippen MR) is 90.7 cm³/mol. The third kappa shape index (κ3) is 2.70. The van der Waals surface area contributed by atoms with Crippen molar-refractivity contribution in [2.24, 2.45) is 0 Å². The second-order valence-electron chi connectivity index (χ2n) is 7.58. The Labute approximate surface area is 146 Å². The molecule has 0 aliphatic carbocycles. The molecule has 2 atom stereocenters. The molecule has 0 spiro atoms. The van der Waals surface area contributed by atoms with E-state index in [9.17, 15) is 19.8 Å². The van der Waals surface area contributed by atoms with Gasteiger partial charge >= 0.3 is 5.97 Å². The second-order valence-corrected chi connectivity index (χ2v) is 7.58. The number of β-lactam (4-membered cyclic amide) rings is 1. The smallest absolute Gasteiger partial charge is 0.338 e. The van der Waals surface area contributed by atoms with E-state index >= 15 is 0 Å². The van der Waals surface area contributed by atoms with Gasteiger partial charge < -0.3 is 14.9 Å². The highest BCUT2D eigenvalue weighted by molar-refractivity contribution is 5.94. The van der Waals surface area contributed by atoms with Crippen LogP contribution < -0.4 is 0 Å². The van der Waals surface area contributed by atoms with Gasteiger partial charge in [-0.25, -0.2) is 4.79 Å². The molecule has 1 aromatic rings. The van der Waals surface area contributed by atoms with Gasteiger partial charge in [0, 0.05) is 6.42 Å². The first-order valence-corrected chi connectivity index (χ1v) is 8.33. The number of rotatable bonds is 4. The molecule has 1 aromatic carbocycles. The summed E-state index contributed by atoms with van der Waals surface area (Å²) in [6.07, 6.45) is 1.04. The van der Waals surface area contributed by atoms with Gasteiger partial charge in [-0.15, -0.1) is 0 Å². The third-order valence-electron chi connectivity index (χ3n) is 4.90. The van der Waals surface area contributed by atoms with E-state index in [4.69, 9.17) is 4.74 Å². The minimum Gasteiger partial charge on any atom is -0.479 e. The molecular formula is C19H23NO5. The number of hydrogen-bond donors (Lipinski definition) is 2.